The number of benzene rings is 1. The summed E-state index contributed by atoms with van der Waals surface area (Å²) in [4.78, 5) is 0. The lowest BCUT2D eigenvalue weighted by molar-refractivity contribution is 0.616. The highest BCUT2D eigenvalue weighted by Gasteiger charge is 2.01. The fourth-order valence-corrected chi connectivity index (χ4v) is 2.10. The van der Waals surface area contributed by atoms with Gasteiger partial charge in [-0.15, -0.1) is 0 Å². The van der Waals surface area contributed by atoms with Crippen LogP contribution in [0.5, 0.6) is 0 Å². The van der Waals surface area contributed by atoms with E-state index in [9.17, 15) is 0 Å². The second kappa shape index (κ2) is 7.45. The summed E-state index contributed by atoms with van der Waals surface area (Å²) in [7, 11) is 0. The Morgan fingerprint density at radius 3 is 2.31 bits per heavy atom. The number of unbranched alkanes of at least 4 members (excludes halogenated alkanes) is 1. The van der Waals surface area contributed by atoms with Crippen LogP contribution < -0.4 is 5.32 Å². The molecular weight excluding hydrogens is 194 g/mol. The van der Waals surface area contributed by atoms with E-state index in [0.29, 0.717) is 0 Å². The maximum Gasteiger partial charge on any atom is -0.00488 e. The van der Waals surface area contributed by atoms with E-state index in [4.69, 9.17) is 0 Å². The first-order chi connectivity index (χ1) is 7.75. The minimum atomic E-state index is 1.16. The fraction of sp³-hybridized carbons (Fsp3) is 0.600. The van der Waals surface area contributed by atoms with Crippen molar-refractivity contribution >= 4 is 0 Å². The van der Waals surface area contributed by atoms with E-state index in [1.807, 2.05) is 0 Å². The molecule has 0 amide bonds. The lowest BCUT2D eigenvalue weighted by atomic mass is 9.98. The standard InChI is InChI=1S/C15H25N/c1-4-11-16-12-6-5-10-15-13(2)8-7-9-14(15)3/h7-9,16H,4-6,10-12H2,1-3H3. The van der Waals surface area contributed by atoms with E-state index in [1.54, 1.807) is 5.56 Å². The molecule has 0 bridgehead atoms. The Hall–Kier alpha value is -0.820. The zero-order valence-electron chi connectivity index (χ0n) is 11.0. The molecule has 0 heterocycles. The first kappa shape index (κ1) is 13.2. The van der Waals surface area contributed by atoms with E-state index in [-0.39, 0.29) is 0 Å². The first-order valence-corrected chi connectivity index (χ1v) is 6.51. The van der Waals surface area contributed by atoms with Gasteiger partial charge in [-0.3, -0.25) is 0 Å². The second-order valence-electron chi connectivity index (χ2n) is 4.58. The maximum atomic E-state index is 3.45. The molecule has 0 saturated heterocycles. The van der Waals surface area contributed by atoms with Gasteiger partial charge in [0.25, 0.3) is 0 Å². The van der Waals surface area contributed by atoms with Crippen LogP contribution >= 0.6 is 0 Å². The molecule has 0 aromatic heterocycles. The van der Waals surface area contributed by atoms with Gasteiger partial charge in [0.1, 0.15) is 0 Å². The van der Waals surface area contributed by atoms with E-state index in [2.05, 4.69) is 44.3 Å². The number of aryl methyl sites for hydroxylation is 2. The normalized spacial score (nSPS) is 10.7. The SMILES string of the molecule is CCCNCCCCc1c(C)cccc1C. The van der Waals surface area contributed by atoms with Crippen molar-refractivity contribution in [2.24, 2.45) is 0 Å². The molecule has 16 heavy (non-hydrogen) atoms. The molecule has 1 aromatic carbocycles. The molecule has 1 aromatic rings. The average Bonchev–Trinajstić information content (AvgIpc) is 2.26. The fourth-order valence-electron chi connectivity index (χ4n) is 2.10. The Bertz CT molecular complexity index is 284. The molecular formula is C15H25N. The van der Waals surface area contributed by atoms with Crippen molar-refractivity contribution < 1.29 is 0 Å². The Balaban J connectivity index is 2.26. The zero-order valence-corrected chi connectivity index (χ0v) is 11.0. The molecule has 0 aliphatic rings. The molecule has 90 valence electrons. The molecule has 1 nitrogen and oxygen atoms in total. The minimum Gasteiger partial charge on any atom is -0.317 e. The van der Waals surface area contributed by atoms with Crippen LogP contribution in [-0.2, 0) is 6.42 Å². The van der Waals surface area contributed by atoms with Gasteiger partial charge in [0.05, 0.1) is 0 Å². The van der Waals surface area contributed by atoms with Crippen LogP contribution in [0.25, 0.3) is 0 Å². The minimum absolute atomic E-state index is 1.16. The van der Waals surface area contributed by atoms with Gasteiger partial charge in [-0.2, -0.15) is 0 Å². The van der Waals surface area contributed by atoms with Gasteiger partial charge in [0, 0.05) is 0 Å². The monoisotopic (exact) mass is 219 g/mol. The van der Waals surface area contributed by atoms with Crippen molar-refractivity contribution in [1.82, 2.24) is 5.32 Å². The summed E-state index contributed by atoms with van der Waals surface area (Å²) >= 11 is 0. The van der Waals surface area contributed by atoms with Crippen molar-refractivity contribution in [1.29, 1.82) is 0 Å². The molecule has 1 N–H and O–H groups in total. The van der Waals surface area contributed by atoms with Crippen molar-refractivity contribution in [3.8, 4) is 0 Å². The number of nitrogens with one attached hydrogen (secondary N) is 1. The summed E-state index contributed by atoms with van der Waals surface area (Å²) in [6.07, 6.45) is 5.04. The third-order valence-corrected chi connectivity index (χ3v) is 3.10. The van der Waals surface area contributed by atoms with E-state index < -0.39 is 0 Å². The summed E-state index contributed by atoms with van der Waals surface area (Å²) in [5.74, 6) is 0. The van der Waals surface area contributed by atoms with Crippen LogP contribution in [-0.4, -0.2) is 13.1 Å². The van der Waals surface area contributed by atoms with E-state index in [1.165, 1.54) is 43.4 Å². The zero-order chi connectivity index (χ0) is 11.8. The predicted octanol–water partition coefficient (Wildman–Crippen LogP) is 3.63. The topological polar surface area (TPSA) is 12.0 Å². The van der Waals surface area contributed by atoms with Crippen LogP contribution in [0.15, 0.2) is 18.2 Å². The summed E-state index contributed by atoms with van der Waals surface area (Å²) in [5.41, 5.74) is 4.45. The van der Waals surface area contributed by atoms with Crippen LogP contribution in [0.4, 0.5) is 0 Å². The van der Waals surface area contributed by atoms with E-state index in [0.717, 1.165) is 6.54 Å². The highest BCUT2D eigenvalue weighted by molar-refractivity contribution is 5.33. The van der Waals surface area contributed by atoms with Gasteiger partial charge < -0.3 is 5.32 Å². The third kappa shape index (κ3) is 4.36. The quantitative estimate of drug-likeness (QED) is 0.691. The highest BCUT2D eigenvalue weighted by Crippen LogP contribution is 2.15. The maximum absolute atomic E-state index is 3.45. The molecule has 0 aliphatic carbocycles. The van der Waals surface area contributed by atoms with Crippen LogP contribution in [0.3, 0.4) is 0 Å². The second-order valence-corrected chi connectivity index (χ2v) is 4.58. The van der Waals surface area contributed by atoms with Gasteiger partial charge >= 0.3 is 0 Å². The summed E-state index contributed by atoms with van der Waals surface area (Å²) < 4.78 is 0. The molecule has 0 atom stereocenters. The molecule has 0 aliphatic heterocycles. The number of hydrogen-bond donors (Lipinski definition) is 1. The lowest BCUT2D eigenvalue weighted by Gasteiger charge is -2.09. The van der Waals surface area contributed by atoms with Crippen LogP contribution in [0.1, 0.15) is 42.9 Å². The molecule has 0 saturated carbocycles. The first-order valence-electron chi connectivity index (χ1n) is 6.51. The lowest BCUT2D eigenvalue weighted by Crippen LogP contribution is -2.15. The van der Waals surface area contributed by atoms with Gasteiger partial charge in [0.15, 0.2) is 0 Å². The Kier molecular flexibility index (Phi) is 6.17. The van der Waals surface area contributed by atoms with Crippen LogP contribution in [0, 0.1) is 13.8 Å². The summed E-state index contributed by atoms with van der Waals surface area (Å²) in [6.45, 7) is 8.97. The Morgan fingerprint density at radius 2 is 1.69 bits per heavy atom. The smallest absolute Gasteiger partial charge is 0.00488 e. The van der Waals surface area contributed by atoms with Gasteiger partial charge in [-0.25, -0.2) is 0 Å². The van der Waals surface area contributed by atoms with Gasteiger partial charge in [-0.05, 0) is 69.3 Å². The number of rotatable bonds is 7. The largest absolute Gasteiger partial charge is 0.317 e. The Morgan fingerprint density at radius 1 is 1.00 bits per heavy atom. The summed E-state index contributed by atoms with van der Waals surface area (Å²) in [6, 6.07) is 6.59. The van der Waals surface area contributed by atoms with Crippen molar-refractivity contribution in [3.63, 3.8) is 0 Å². The van der Waals surface area contributed by atoms with Gasteiger partial charge in [0.2, 0.25) is 0 Å². The molecule has 0 fully saturated rings. The summed E-state index contributed by atoms with van der Waals surface area (Å²) in [5, 5.41) is 3.45. The molecule has 0 unspecified atom stereocenters. The van der Waals surface area contributed by atoms with Crippen molar-refractivity contribution in [3.05, 3.63) is 34.9 Å². The van der Waals surface area contributed by atoms with Crippen molar-refractivity contribution in [2.45, 2.75) is 46.5 Å². The molecule has 1 rings (SSSR count). The van der Waals surface area contributed by atoms with E-state index >= 15 is 0 Å². The third-order valence-electron chi connectivity index (χ3n) is 3.10. The number of hydrogen-bond acceptors (Lipinski definition) is 1. The molecule has 0 spiro atoms. The van der Waals surface area contributed by atoms with Gasteiger partial charge in [-0.1, -0.05) is 25.1 Å². The average molecular weight is 219 g/mol. The Labute approximate surface area is 100 Å². The highest BCUT2D eigenvalue weighted by atomic mass is 14.8. The van der Waals surface area contributed by atoms with Crippen LogP contribution in [0.2, 0.25) is 0 Å². The van der Waals surface area contributed by atoms with Crippen molar-refractivity contribution in [2.75, 3.05) is 13.1 Å². The molecule has 0 radical (unpaired) electrons. The predicted molar refractivity (Wildman–Crippen MR) is 72.0 cm³/mol. The molecule has 1 heteroatoms.